The number of methoxy groups -OCH3 is 1. The number of thiophene rings is 1. The van der Waals surface area contributed by atoms with Gasteiger partial charge in [-0.15, -0.1) is 0 Å². The number of aromatic nitrogens is 4. The second-order valence-corrected chi connectivity index (χ2v) is 11.4. The maximum Gasteiger partial charge on any atom is 0.333 e. The van der Waals surface area contributed by atoms with Gasteiger partial charge in [0.05, 0.1) is 38.1 Å². The fourth-order valence-electron chi connectivity index (χ4n) is 4.61. The van der Waals surface area contributed by atoms with Crippen LogP contribution < -0.4 is 16.6 Å². The number of rotatable bonds is 13. The molecule has 224 valence electrons. The van der Waals surface area contributed by atoms with Crippen molar-refractivity contribution < 1.29 is 14.3 Å². The Balaban J connectivity index is 2.42. The predicted octanol–water partition coefficient (Wildman–Crippen LogP) is 3.94. The Morgan fingerprint density at radius 3 is 2.60 bits per heavy atom. The van der Waals surface area contributed by atoms with Gasteiger partial charge in [0.2, 0.25) is 5.91 Å². The van der Waals surface area contributed by atoms with Crippen molar-refractivity contribution in [3.05, 3.63) is 81.0 Å². The molecule has 0 spiro atoms. The van der Waals surface area contributed by atoms with Crippen LogP contribution in [-0.4, -0.2) is 50.7 Å². The molecule has 1 N–H and O–H groups in total. The molecule has 0 aromatic carbocycles. The van der Waals surface area contributed by atoms with Crippen LogP contribution in [-0.2, 0) is 26.4 Å². The van der Waals surface area contributed by atoms with E-state index >= 15 is 0 Å². The van der Waals surface area contributed by atoms with E-state index in [9.17, 15) is 14.4 Å². The first kappa shape index (κ1) is 32.3. The second kappa shape index (κ2) is 13.6. The molecule has 3 heterocycles. The first-order valence-electron chi connectivity index (χ1n) is 13.6. The molecule has 0 fully saturated rings. The van der Waals surface area contributed by atoms with Crippen LogP contribution in [0.3, 0.4) is 0 Å². The van der Waals surface area contributed by atoms with Gasteiger partial charge in [0.1, 0.15) is 27.2 Å². The Morgan fingerprint density at radius 2 is 2.05 bits per heavy atom. The van der Waals surface area contributed by atoms with Gasteiger partial charge in [0, 0.05) is 29.6 Å². The van der Waals surface area contributed by atoms with Crippen molar-refractivity contribution >= 4 is 27.5 Å². The summed E-state index contributed by atoms with van der Waals surface area (Å²) in [5.41, 5.74) is -1.59. The van der Waals surface area contributed by atoms with Crippen molar-refractivity contribution in [1.82, 2.24) is 24.2 Å². The maximum absolute atomic E-state index is 14.3. The van der Waals surface area contributed by atoms with Gasteiger partial charge in [-0.05, 0) is 53.7 Å². The van der Waals surface area contributed by atoms with Crippen molar-refractivity contribution in [2.45, 2.75) is 72.2 Å². The summed E-state index contributed by atoms with van der Waals surface area (Å²) in [6, 6.07) is 3.63. The molecule has 0 unspecified atom stereocenters. The zero-order valence-electron chi connectivity index (χ0n) is 25.1. The largest absolute Gasteiger partial charge is 0.496 e. The molecule has 3 aromatic heterocycles. The quantitative estimate of drug-likeness (QED) is 0.180. The van der Waals surface area contributed by atoms with E-state index < -0.39 is 28.8 Å². The van der Waals surface area contributed by atoms with Crippen LogP contribution in [0.25, 0.3) is 15.2 Å². The van der Waals surface area contributed by atoms with Gasteiger partial charge >= 0.3 is 5.69 Å². The molecule has 42 heavy (non-hydrogen) atoms. The molecule has 3 aromatic rings. The number of ether oxygens (including phenoxy) is 2. The Labute approximate surface area is 249 Å². The van der Waals surface area contributed by atoms with Crippen molar-refractivity contribution in [2.75, 3.05) is 13.7 Å². The number of aryl methyl sites for hydroxylation is 1. The highest BCUT2D eigenvalue weighted by molar-refractivity contribution is 7.21. The smallest absolute Gasteiger partial charge is 0.333 e. The summed E-state index contributed by atoms with van der Waals surface area (Å²) in [6.45, 7) is 14.3. The summed E-state index contributed by atoms with van der Waals surface area (Å²) in [5.74, 6) is 0.00864. The number of carbonyl (C=O) groups is 1. The molecule has 1 atom stereocenters. The van der Waals surface area contributed by atoms with Gasteiger partial charge in [-0.1, -0.05) is 30.1 Å². The highest BCUT2D eigenvalue weighted by Crippen LogP contribution is 2.32. The summed E-state index contributed by atoms with van der Waals surface area (Å²) in [4.78, 5) is 42.2. The maximum atomic E-state index is 14.3. The Kier molecular flexibility index (Phi) is 10.5. The summed E-state index contributed by atoms with van der Waals surface area (Å²) >= 11 is 1.24. The minimum absolute atomic E-state index is 0.0484. The summed E-state index contributed by atoms with van der Waals surface area (Å²) < 4.78 is 15.8. The number of nitrogens with zero attached hydrogens (tertiary/aromatic N) is 5. The van der Waals surface area contributed by atoms with E-state index in [1.807, 2.05) is 20.8 Å². The number of hydrogen-bond acceptors (Lipinski definition) is 8. The zero-order valence-corrected chi connectivity index (χ0v) is 25.9. The highest BCUT2D eigenvalue weighted by Gasteiger charge is 2.36. The van der Waals surface area contributed by atoms with Crippen LogP contribution in [0.4, 0.5) is 0 Å². The molecule has 0 saturated carbocycles. The van der Waals surface area contributed by atoms with Gasteiger partial charge in [-0.3, -0.25) is 14.2 Å². The highest BCUT2D eigenvalue weighted by atomic mass is 32.1. The lowest BCUT2D eigenvalue weighted by atomic mass is 10.0. The summed E-state index contributed by atoms with van der Waals surface area (Å²) in [7, 11) is 1.52. The standard InChI is InChI=1S/C30H38N6O5S/c1-9-13-22(40-8)21(10-2)23(41-17-11-14-31)18-34-27-24(20(5)26(42-27)35-16-12-15-32-35)25(37)36(29(34)39)30(6,7)28(38)33-19(3)4/h9-10,12-13,15-16,19,23H,2,11,17-18H2,1,3-8H3,(H,33,38)/b13-9-,22-21-/t23-/m0/s1. The van der Waals surface area contributed by atoms with E-state index in [1.54, 1.807) is 62.1 Å². The van der Waals surface area contributed by atoms with Gasteiger partial charge < -0.3 is 14.8 Å². The lowest BCUT2D eigenvalue weighted by molar-refractivity contribution is -0.129. The molecule has 1 amide bonds. The summed E-state index contributed by atoms with van der Waals surface area (Å²) in [5, 5.41) is 17.3. The average Bonchev–Trinajstić information content (AvgIpc) is 3.58. The van der Waals surface area contributed by atoms with Crippen molar-refractivity contribution in [2.24, 2.45) is 0 Å². The van der Waals surface area contributed by atoms with Crippen LogP contribution in [0.5, 0.6) is 0 Å². The van der Waals surface area contributed by atoms with E-state index in [0.717, 1.165) is 4.57 Å². The Morgan fingerprint density at radius 1 is 1.33 bits per heavy atom. The number of amides is 1. The molecule has 3 rings (SSSR count). The molecule has 12 heteroatoms. The van der Waals surface area contributed by atoms with Crippen LogP contribution >= 0.6 is 11.3 Å². The average molecular weight is 595 g/mol. The van der Waals surface area contributed by atoms with Crippen molar-refractivity contribution in [1.29, 1.82) is 5.26 Å². The first-order chi connectivity index (χ1) is 19.9. The monoisotopic (exact) mass is 594 g/mol. The number of allylic oxidation sites excluding steroid dienone is 2. The minimum atomic E-state index is -1.52. The Hall–Kier alpha value is -4.21. The van der Waals surface area contributed by atoms with E-state index in [4.69, 9.17) is 14.7 Å². The predicted molar refractivity (Wildman–Crippen MR) is 164 cm³/mol. The van der Waals surface area contributed by atoms with Crippen molar-refractivity contribution in [3.8, 4) is 11.1 Å². The number of nitrogens with one attached hydrogen (secondary N) is 1. The number of fused-ring (bicyclic) bond motifs is 1. The van der Waals surface area contributed by atoms with Crippen LogP contribution in [0, 0.1) is 18.3 Å². The number of nitriles is 1. The molecule has 0 aliphatic carbocycles. The van der Waals surface area contributed by atoms with Gasteiger partial charge in [-0.2, -0.15) is 10.4 Å². The van der Waals surface area contributed by atoms with E-state index in [2.05, 4.69) is 23.1 Å². The first-order valence-corrected chi connectivity index (χ1v) is 14.4. The van der Waals surface area contributed by atoms with Crippen LogP contribution in [0.1, 0.15) is 46.6 Å². The van der Waals surface area contributed by atoms with E-state index in [0.29, 0.717) is 32.1 Å². The number of hydrogen-bond donors (Lipinski definition) is 1. The fourth-order valence-corrected chi connectivity index (χ4v) is 5.86. The lowest BCUT2D eigenvalue weighted by Crippen LogP contribution is -2.56. The van der Waals surface area contributed by atoms with E-state index in [-0.39, 0.29) is 25.6 Å². The molecular formula is C30H38N6O5S. The molecule has 11 nitrogen and oxygen atoms in total. The SMILES string of the molecule is C=C/C(=C(\C=C/C)OC)[C@H](Cn1c(=O)n(C(C)(C)C(=O)NC(C)C)c(=O)c2c(C)c(-n3cccn3)sc21)OCCC#N. The molecular weight excluding hydrogens is 556 g/mol. The Bertz CT molecular complexity index is 1660. The minimum Gasteiger partial charge on any atom is -0.496 e. The van der Waals surface area contributed by atoms with Crippen molar-refractivity contribution in [3.63, 3.8) is 0 Å². The zero-order chi connectivity index (χ0) is 31.2. The molecule has 0 aliphatic rings. The normalized spacial score (nSPS) is 13.3. The molecule has 0 bridgehead atoms. The third-order valence-electron chi connectivity index (χ3n) is 6.70. The molecule has 0 aliphatic heterocycles. The fraction of sp³-hybridized carbons (Fsp3) is 0.433. The van der Waals surface area contributed by atoms with Crippen LogP contribution in [0.15, 0.2) is 64.2 Å². The molecule has 0 radical (unpaired) electrons. The van der Waals surface area contributed by atoms with Gasteiger partial charge in [-0.25, -0.2) is 14.0 Å². The lowest BCUT2D eigenvalue weighted by Gasteiger charge is -2.28. The summed E-state index contributed by atoms with van der Waals surface area (Å²) in [6.07, 6.45) is 7.87. The van der Waals surface area contributed by atoms with Gasteiger partial charge in [0.15, 0.2) is 0 Å². The van der Waals surface area contributed by atoms with Gasteiger partial charge in [0.25, 0.3) is 5.56 Å². The van der Waals surface area contributed by atoms with E-state index in [1.165, 1.54) is 23.0 Å². The number of carbonyl (C=O) groups excluding carboxylic acids is 1. The third kappa shape index (κ3) is 6.32. The third-order valence-corrected chi connectivity index (χ3v) is 8.01. The molecule has 0 saturated heterocycles. The topological polar surface area (TPSA) is 133 Å². The van der Waals surface area contributed by atoms with Crippen LogP contribution in [0.2, 0.25) is 0 Å². The second-order valence-electron chi connectivity index (χ2n) is 10.4.